The summed E-state index contributed by atoms with van der Waals surface area (Å²) in [5, 5.41) is 0. The maximum Gasteiger partial charge on any atom is 0.221 e. The van der Waals surface area contributed by atoms with Crippen LogP contribution in [0, 0.1) is 0 Å². The largest absolute Gasteiger partial charge is 0.499 e. The van der Waals surface area contributed by atoms with Gasteiger partial charge in [-0.25, -0.2) is 4.98 Å². The molecule has 0 aliphatic heterocycles. The summed E-state index contributed by atoms with van der Waals surface area (Å²) < 4.78 is 15.4. The molecule has 0 saturated heterocycles. The number of nitrogens with two attached hydrogens (primary N) is 2. The molecule has 0 bridgehead atoms. The first-order valence-electron chi connectivity index (χ1n) is 6.54. The smallest absolute Gasteiger partial charge is 0.221 e. The zero-order chi connectivity index (χ0) is 16.5. The van der Waals surface area contributed by atoms with Gasteiger partial charge in [0.25, 0.3) is 0 Å². The lowest BCUT2D eigenvalue weighted by Crippen LogP contribution is -2.05. The Labute approximate surface area is 130 Å². The highest BCUT2D eigenvalue weighted by molar-refractivity contribution is 5.45. The number of rotatable bonds is 8. The van der Waals surface area contributed by atoms with Crippen LogP contribution in [0.2, 0.25) is 0 Å². The van der Waals surface area contributed by atoms with E-state index in [0.717, 1.165) is 11.1 Å². The lowest BCUT2D eigenvalue weighted by molar-refractivity contribution is 0.159. The standard InChI is InChI=1S/C15H22N4O3/c1-10(21-3)5-11(7-13(22-4)9-20-2)6-12-8-18-15(17)19-14(12)16/h5,7-8H,1,6,9H2,2-4H3,(H4,16,17,18,19)/b11-5-,13-7+. The van der Waals surface area contributed by atoms with Gasteiger partial charge in [0.1, 0.15) is 23.9 Å². The van der Waals surface area contributed by atoms with Gasteiger partial charge in [-0.05, 0) is 17.7 Å². The van der Waals surface area contributed by atoms with Crippen molar-refractivity contribution in [3.05, 3.63) is 47.6 Å². The number of methoxy groups -OCH3 is 3. The molecule has 0 aliphatic rings. The maximum atomic E-state index is 5.87. The highest BCUT2D eigenvalue weighted by Crippen LogP contribution is 2.18. The van der Waals surface area contributed by atoms with Gasteiger partial charge >= 0.3 is 0 Å². The zero-order valence-corrected chi connectivity index (χ0v) is 13.1. The van der Waals surface area contributed by atoms with E-state index in [4.69, 9.17) is 25.7 Å². The molecule has 22 heavy (non-hydrogen) atoms. The van der Waals surface area contributed by atoms with Gasteiger partial charge in [-0.2, -0.15) is 4.98 Å². The molecule has 1 heterocycles. The van der Waals surface area contributed by atoms with Crippen LogP contribution in [0.5, 0.6) is 0 Å². The number of nitrogen functional groups attached to an aromatic ring is 2. The number of anilines is 2. The Balaban J connectivity index is 3.10. The van der Waals surface area contributed by atoms with Crippen molar-refractivity contribution in [1.82, 2.24) is 9.97 Å². The van der Waals surface area contributed by atoms with E-state index in [1.807, 2.05) is 6.08 Å². The van der Waals surface area contributed by atoms with E-state index in [2.05, 4.69) is 16.5 Å². The summed E-state index contributed by atoms with van der Waals surface area (Å²) in [7, 11) is 4.72. The summed E-state index contributed by atoms with van der Waals surface area (Å²) in [4.78, 5) is 7.91. The number of hydrogen-bond acceptors (Lipinski definition) is 7. The third-order valence-corrected chi connectivity index (χ3v) is 2.81. The molecular formula is C15H22N4O3. The third kappa shape index (κ3) is 5.45. The number of ether oxygens (including phenoxy) is 3. The second-order valence-corrected chi connectivity index (χ2v) is 4.45. The molecule has 120 valence electrons. The molecule has 1 rings (SSSR count). The van der Waals surface area contributed by atoms with E-state index < -0.39 is 0 Å². The van der Waals surface area contributed by atoms with Crippen LogP contribution >= 0.6 is 0 Å². The molecule has 0 aromatic carbocycles. The Morgan fingerprint density at radius 1 is 1.23 bits per heavy atom. The van der Waals surface area contributed by atoms with Gasteiger partial charge in [0.2, 0.25) is 5.95 Å². The highest BCUT2D eigenvalue weighted by atomic mass is 16.5. The van der Waals surface area contributed by atoms with Gasteiger partial charge < -0.3 is 25.7 Å². The van der Waals surface area contributed by atoms with Crippen LogP contribution in [-0.4, -0.2) is 37.9 Å². The highest BCUT2D eigenvalue weighted by Gasteiger charge is 2.07. The van der Waals surface area contributed by atoms with E-state index in [9.17, 15) is 0 Å². The van der Waals surface area contributed by atoms with Crippen molar-refractivity contribution in [2.45, 2.75) is 6.42 Å². The average molecular weight is 306 g/mol. The predicted molar refractivity (Wildman–Crippen MR) is 85.8 cm³/mol. The summed E-state index contributed by atoms with van der Waals surface area (Å²) in [6.45, 7) is 4.14. The minimum atomic E-state index is 0.139. The van der Waals surface area contributed by atoms with Gasteiger partial charge in [-0.3, -0.25) is 0 Å². The van der Waals surface area contributed by atoms with E-state index in [0.29, 0.717) is 30.4 Å². The maximum absolute atomic E-state index is 5.87. The molecule has 1 aromatic rings. The summed E-state index contributed by atoms with van der Waals surface area (Å²) in [6, 6.07) is 0. The SMILES string of the molecule is C=C(/C=C(\C=C(/COC)OC)Cc1cnc(N)nc1N)OC. The third-order valence-electron chi connectivity index (χ3n) is 2.81. The second kappa shape index (κ2) is 8.68. The van der Waals surface area contributed by atoms with E-state index in [1.165, 1.54) is 0 Å². The Hall–Kier alpha value is -2.54. The van der Waals surface area contributed by atoms with Crippen LogP contribution in [0.1, 0.15) is 5.56 Å². The first kappa shape index (κ1) is 17.5. The number of aromatic nitrogens is 2. The molecule has 0 unspecified atom stereocenters. The van der Waals surface area contributed by atoms with Crippen molar-refractivity contribution in [1.29, 1.82) is 0 Å². The monoisotopic (exact) mass is 306 g/mol. The summed E-state index contributed by atoms with van der Waals surface area (Å²) in [5.41, 5.74) is 13.0. The summed E-state index contributed by atoms with van der Waals surface area (Å²) in [5.74, 6) is 1.64. The van der Waals surface area contributed by atoms with Crippen molar-refractivity contribution in [2.24, 2.45) is 0 Å². The molecule has 0 amide bonds. The van der Waals surface area contributed by atoms with E-state index in [-0.39, 0.29) is 5.95 Å². The predicted octanol–water partition coefficient (Wildman–Crippen LogP) is 1.45. The molecular weight excluding hydrogens is 284 g/mol. The average Bonchev–Trinajstić information content (AvgIpc) is 2.49. The van der Waals surface area contributed by atoms with Crippen molar-refractivity contribution in [2.75, 3.05) is 39.4 Å². The Bertz CT molecular complexity index is 582. The molecule has 7 heteroatoms. The van der Waals surface area contributed by atoms with Gasteiger partial charge in [-0.15, -0.1) is 0 Å². The quantitative estimate of drug-likeness (QED) is 0.553. The molecule has 7 nitrogen and oxygen atoms in total. The van der Waals surface area contributed by atoms with Crippen molar-refractivity contribution >= 4 is 11.8 Å². The fraction of sp³-hybridized carbons (Fsp3) is 0.333. The normalized spacial score (nSPS) is 12.1. The lowest BCUT2D eigenvalue weighted by Gasteiger charge is -2.10. The van der Waals surface area contributed by atoms with Crippen molar-refractivity contribution in [3.8, 4) is 0 Å². The fourth-order valence-electron chi connectivity index (χ4n) is 1.71. The Morgan fingerprint density at radius 2 is 1.95 bits per heavy atom. The second-order valence-electron chi connectivity index (χ2n) is 4.45. The molecule has 0 fully saturated rings. The number of nitrogens with zero attached hydrogens (tertiary/aromatic N) is 2. The first-order valence-corrected chi connectivity index (χ1v) is 6.54. The Morgan fingerprint density at radius 3 is 2.50 bits per heavy atom. The minimum Gasteiger partial charge on any atom is -0.499 e. The van der Waals surface area contributed by atoms with Crippen LogP contribution in [0.4, 0.5) is 11.8 Å². The van der Waals surface area contributed by atoms with Crippen LogP contribution in [0.25, 0.3) is 0 Å². The number of allylic oxidation sites excluding steroid dienone is 3. The molecule has 0 saturated carbocycles. The number of hydrogen-bond donors (Lipinski definition) is 2. The molecule has 0 aliphatic carbocycles. The van der Waals surface area contributed by atoms with Crippen molar-refractivity contribution < 1.29 is 14.2 Å². The van der Waals surface area contributed by atoms with Gasteiger partial charge in [0.15, 0.2) is 0 Å². The van der Waals surface area contributed by atoms with E-state index in [1.54, 1.807) is 33.6 Å². The minimum absolute atomic E-state index is 0.139. The van der Waals surface area contributed by atoms with Gasteiger partial charge in [0, 0.05) is 25.3 Å². The summed E-state index contributed by atoms with van der Waals surface area (Å²) in [6.07, 6.45) is 5.69. The van der Waals surface area contributed by atoms with Crippen LogP contribution in [0.3, 0.4) is 0 Å². The van der Waals surface area contributed by atoms with Crippen molar-refractivity contribution in [3.63, 3.8) is 0 Å². The fourth-order valence-corrected chi connectivity index (χ4v) is 1.71. The van der Waals surface area contributed by atoms with Gasteiger partial charge in [0.05, 0.1) is 14.2 Å². The van der Waals surface area contributed by atoms with Crippen LogP contribution in [-0.2, 0) is 20.6 Å². The summed E-state index contributed by atoms with van der Waals surface area (Å²) >= 11 is 0. The lowest BCUT2D eigenvalue weighted by atomic mass is 10.1. The van der Waals surface area contributed by atoms with Gasteiger partial charge in [-0.1, -0.05) is 6.58 Å². The molecule has 1 aromatic heterocycles. The van der Waals surface area contributed by atoms with E-state index >= 15 is 0 Å². The van der Waals surface area contributed by atoms with Crippen LogP contribution < -0.4 is 11.5 Å². The van der Waals surface area contributed by atoms with Crippen LogP contribution in [0.15, 0.2) is 42.0 Å². The molecule has 0 radical (unpaired) electrons. The Kier molecular flexibility index (Phi) is 6.91. The molecule has 4 N–H and O–H groups in total. The topological polar surface area (TPSA) is 106 Å². The first-order chi connectivity index (χ1) is 10.5. The molecule has 0 spiro atoms. The molecule has 0 atom stereocenters. The zero-order valence-electron chi connectivity index (χ0n) is 13.1.